The van der Waals surface area contributed by atoms with Gasteiger partial charge >= 0.3 is 0 Å². The van der Waals surface area contributed by atoms with Crippen LogP contribution in [0.5, 0.6) is 0 Å². The molecule has 68 valence electrons. The maximum Gasteiger partial charge on any atom is 0.271 e. The van der Waals surface area contributed by atoms with Gasteiger partial charge in [0, 0.05) is 16.6 Å². The van der Waals surface area contributed by atoms with Crippen molar-refractivity contribution in [1.29, 1.82) is 0 Å². The first-order valence-electron chi connectivity index (χ1n) is 3.46. The number of hydrogen-bond acceptors (Lipinski definition) is 3. The Morgan fingerprint density at radius 3 is 2.85 bits per heavy atom. The molecule has 0 saturated heterocycles. The molecule has 5 heteroatoms. The molecule has 0 atom stereocenters. The Hall–Kier alpha value is -1.36. The van der Waals surface area contributed by atoms with E-state index in [-0.39, 0.29) is 5.69 Å². The molecule has 0 aliphatic heterocycles. The van der Waals surface area contributed by atoms with Gasteiger partial charge in [0.15, 0.2) is 0 Å². The van der Waals surface area contributed by atoms with Crippen LogP contribution in [0, 0.1) is 10.1 Å². The Kier molecular flexibility index (Phi) is 3.02. The second-order valence-corrected chi connectivity index (χ2v) is 3.12. The molecule has 0 heterocycles. The van der Waals surface area contributed by atoms with Crippen molar-refractivity contribution in [2.75, 3.05) is 5.32 Å². The normalized spacial score (nSPS) is 9.31. The van der Waals surface area contributed by atoms with Crippen LogP contribution in [0.2, 0.25) is 0 Å². The monoisotopic (exact) mass is 242 g/mol. The second kappa shape index (κ2) is 4.04. The third-order valence-corrected chi connectivity index (χ3v) is 2.11. The van der Waals surface area contributed by atoms with E-state index in [1.165, 1.54) is 18.3 Å². The van der Waals surface area contributed by atoms with Crippen LogP contribution in [0.4, 0.5) is 11.4 Å². The van der Waals surface area contributed by atoms with Crippen LogP contribution in [0.1, 0.15) is 0 Å². The zero-order chi connectivity index (χ0) is 9.84. The highest BCUT2D eigenvalue weighted by molar-refractivity contribution is 9.10. The lowest BCUT2D eigenvalue weighted by molar-refractivity contribution is -0.384. The summed E-state index contributed by atoms with van der Waals surface area (Å²) in [5.41, 5.74) is 0.678. The molecule has 0 aliphatic carbocycles. The molecule has 0 amide bonds. The van der Waals surface area contributed by atoms with Crippen LogP contribution in [0.25, 0.3) is 0 Å². The lowest BCUT2D eigenvalue weighted by atomic mass is 10.3. The number of anilines is 1. The van der Waals surface area contributed by atoms with Gasteiger partial charge in [-0.3, -0.25) is 10.1 Å². The number of nitrogens with one attached hydrogen (secondary N) is 1. The Morgan fingerprint density at radius 2 is 2.31 bits per heavy atom. The van der Waals surface area contributed by atoms with Crippen LogP contribution in [-0.2, 0) is 0 Å². The zero-order valence-electron chi connectivity index (χ0n) is 6.66. The first-order valence-corrected chi connectivity index (χ1v) is 4.26. The molecular formula is C8H7BrN2O2. The molecule has 1 aromatic rings. The molecule has 13 heavy (non-hydrogen) atoms. The van der Waals surface area contributed by atoms with E-state index in [1.807, 2.05) is 0 Å². The highest BCUT2D eigenvalue weighted by atomic mass is 79.9. The number of nitro benzene ring substituents is 1. The van der Waals surface area contributed by atoms with Gasteiger partial charge in [0.2, 0.25) is 0 Å². The molecule has 0 fully saturated rings. The van der Waals surface area contributed by atoms with E-state index in [9.17, 15) is 10.1 Å². The van der Waals surface area contributed by atoms with Crippen LogP contribution in [-0.4, -0.2) is 4.92 Å². The van der Waals surface area contributed by atoms with Crippen molar-refractivity contribution in [3.63, 3.8) is 0 Å². The number of rotatable bonds is 3. The molecule has 0 aliphatic rings. The summed E-state index contributed by atoms with van der Waals surface area (Å²) in [6.07, 6.45) is 1.46. The van der Waals surface area contributed by atoms with Gasteiger partial charge in [-0.1, -0.05) is 6.58 Å². The molecule has 1 aromatic carbocycles. The lowest BCUT2D eigenvalue weighted by Gasteiger charge is -2.02. The quantitative estimate of drug-likeness (QED) is 0.655. The average molecular weight is 243 g/mol. The van der Waals surface area contributed by atoms with Crippen molar-refractivity contribution >= 4 is 27.3 Å². The fraction of sp³-hybridized carbons (Fsp3) is 0. The highest BCUT2D eigenvalue weighted by Crippen LogP contribution is 2.26. The number of nitro groups is 1. The van der Waals surface area contributed by atoms with E-state index in [1.54, 1.807) is 6.07 Å². The minimum absolute atomic E-state index is 0.0487. The van der Waals surface area contributed by atoms with Crippen LogP contribution >= 0.6 is 15.9 Å². The number of hydrogen-bond donors (Lipinski definition) is 1. The van der Waals surface area contributed by atoms with Crippen molar-refractivity contribution in [3.05, 3.63) is 45.6 Å². The predicted octanol–water partition coefficient (Wildman–Crippen LogP) is 2.91. The average Bonchev–Trinajstić information content (AvgIpc) is 2.08. The summed E-state index contributed by atoms with van der Waals surface area (Å²) in [5.74, 6) is 0. The summed E-state index contributed by atoms with van der Waals surface area (Å²) >= 11 is 3.25. The van der Waals surface area contributed by atoms with Gasteiger partial charge in [0.25, 0.3) is 5.69 Å². The molecule has 0 unspecified atom stereocenters. The van der Waals surface area contributed by atoms with Gasteiger partial charge in [-0.15, -0.1) is 0 Å². The Morgan fingerprint density at radius 1 is 1.62 bits per heavy atom. The molecule has 4 nitrogen and oxygen atoms in total. The molecule has 0 radical (unpaired) electrons. The molecular weight excluding hydrogens is 236 g/mol. The maximum atomic E-state index is 10.4. The largest absolute Gasteiger partial charge is 0.361 e. The summed E-state index contributed by atoms with van der Waals surface area (Å²) in [6, 6.07) is 4.48. The summed E-state index contributed by atoms with van der Waals surface area (Å²) < 4.78 is 0.762. The SMILES string of the molecule is C=CNc1cc([N+](=O)[O-])ccc1Br. The predicted molar refractivity (Wildman–Crippen MR) is 54.6 cm³/mol. The molecule has 1 rings (SSSR count). The zero-order valence-corrected chi connectivity index (χ0v) is 8.24. The standard InChI is InChI=1S/C8H7BrN2O2/c1-2-10-8-5-6(11(12)13)3-4-7(8)9/h2-5,10H,1H2. The van der Waals surface area contributed by atoms with Crippen molar-refractivity contribution in [3.8, 4) is 0 Å². The third kappa shape index (κ3) is 2.29. The van der Waals surface area contributed by atoms with E-state index < -0.39 is 4.92 Å². The number of benzene rings is 1. The Balaban J connectivity index is 3.10. The number of halogens is 1. The van der Waals surface area contributed by atoms with Crippen molar-refractivity contribution in [2.24, 2.45) is 0 Å². The van der Waals surface area contributed by atoms with Gasteiger partial charge < -0.3 is 5.32 Å². The van der Waals surface area contributed by atoms with Gasteiger partial charge in [0.05, 0.1) is 10.6 Å². The van der Waals surface area contributed by atoms with Gasteiger partial charge in [-0.05, 0) is 28.2 Å². The van der Waals surface area contributed by atoms with Crippen LogP contribution in [0.3, 0.4) is 0 Å². The van der Waals surface area contributed by atoms with E-state index in [0.29, 0.717) is 5.69 Å². The Labute approximate surface area is 83.5 Å². The van der Waals surface area contributed by atoms with E-state index in [0.717, 1.165) is 4.47 Å². The van der Waals surface area contributed by atoms with Crippen LogP contribution < -0.4 is 5.32 Å². The summed E-state index contributed by atoms with van der Waals surface area (Å²) in [4.78, 5) is 9.96. The molecule has 0 bridgehead atoms. The Bertz CT molecular complexity index is 352. The lowest BCUT2D eigenvalue weighted by Crippen LogP contribution is -1.92. The fourth-order valence-corrected chi connectivity index (χ4v) is 1.21. The van der Waals surface area contributed by atoms with E-state index in [4.69, 9.17) is 0 Å². The van der Waals surface area contributed by atoms with E-state index in [2.05, 4.69) is 27.8 Å². The minimum atomic E-state index is -0.444. The number of non-ortho nitro benzene ring substituents is 1. The molecule has 1 N–H and O–H groups in total. The minimum Gasteiger partial charge on any atom is -0.361 e. The molecule has 0 saturated carbocycles. The van der Waals surface area contributed by atoms with Crippen molar-refractivity contribution in [1.82, 2.24) is 0 Å². The highest BCUT2D eigenvalue weighted by Gasteiger charge is 2.07. The van der Waals surface area contributed by atoms with E-state index >= 15 is 0 Å². The van der Waals surface area contributed by atoms with Gasteiger partial charge in [0.1, 0.15) is 0 Å². The maximum absolute atomic E-state index is 10.4. The fourth-order valence-electron chi connectivity index (χ4n) is 0.847. The van der Waals surface area contributed by atoms with Crippen molar-refractivity contribution < 1.29 is 4.92 Å². The smallest absolute Gasteiger partial charge is 0.271 e. The summed E-state index contributed by atoms with van der Waals surface area (Å²) in [7, 11) is 0. The second-order valence-electron chi connectivity index (χ2n) is 2.27. The summed E-state index contributed by atoms with van der Waals surface area (Å²) in [6.45, 7) is 3.47. The number of nitrogens with zero attached hydrogens (tertiary/aromatic N) is 1. The van der Waals surface area contributed by atoms with Crippen LogP contribution in [0.15, 0.2) is 35.5 Å². The van der Waals surface area contributed by atoms with Gasteiger partial charge in [-0.2, -0.15) is 0 Å². The molecule has 0 spiro atoms. The first kappa shape index (κ1) is 9.73. The third-order valence-electron chi connectivity index (χ3n) is 1.42. The summed E-state index contributed by atoms with van der Waals surface area (Å²) in [5, 5.41) is 13.2. The van der Waals surface area contributed by atoms with Crippen molar-refractivity contribution in [2.45, 2.75) is 0 Å². The first-order chi connectivity index (χ1) is 6.15. The topological polar surface area (TPSA) is 55.2 Å². The molecule has 0 aromatic heterocycles. The van der Waals surface area contributed by atoms with Gasteiger partial charge in [-0.25, -0.2) is 0 Å².